The summed E-state index contributed by atoms with van der Waals surface area (Å²) in [6.07, 6.45) is 4.61. The maximum Gasteiger partial charge on any atom is 0.251 e. The summed E-state index contributed by atoms with van der Waals surface area (Å²) in [6.45, 7) is 8.66. The lowest BCUT2D eigenvalue weighted by Gasteiger charge is -2.32. The van der Waals surface area contributed by atoms with Crippen LogP contribution < -0.4 is 15.5 Å². The molecule has 0 radical (unpaired) electrons. The van der Waals surface area contributed by atoms with Gasteiger partial charge in [-0.25, -0.2) is 0 Å². The highest BCUT2D eigenvalue weighted by Crippen LogP contribution is 2.21. The Morgan fingerprint density at radius 1 is 1.16 bits per heavy atom. The summed E-state index contributed by atoms with van der Waals surface area (Å²) in [6, 6.07) is 6.31. The molecule has 2 saturated heterocycles. The van der Waals surface area contributed by atoms with Crippen molar-refractivity contribution in [3.63, 3.8) is 0 Å². The molecule has 0 spiro atoms. The number of hydrogen-bond acceptors (Lipinski definition) is 5. The lowest BCUT2D eigenvalue weighted by Crippen LogP contribution is -2.57. The highest BCUT2D eigenvalue weighted by atomic mass is 16.5. The Hall–Kier alpha value is -2.41. The molecular formula is C25H37N3O4. The molecule has 7 nitrogen and oxygen atoms in total. The Bertz CT molecular complexity index is 785. The smallest absolute Gasteiger partial charge is 0.251 e. The van der Waals surface area contributed by atoms with Crippen molar-refractivity contribution in [3.8, 4) is 0 Å². The number of amides is 2. The second kappa shape index (κ2) is 11.5. The minimum Gasteiger partial charge on any atom is -0.373 e. The van der Waals surface area contributed by atoms with Crippen LogP contribution in [0.1, 0.15) is 63.2 Å². The molecule has 2 N–H and O–H groups in total. The fourth-order valence-electron chi connectivity index (χ4n) is 4.58. The zero-order valence-electron chi connectivity index (χ0n) is 19.6. The third-order valence-electron chi connectivity index (χ3n) is 6.28. The van der Waals surface area contributed by atoms with Gasteiger partial charge in [0.05, 0.1) is 12.6 Å². The number of benzene rings is 1. The zero-order valence-corrected chi connectivity index (χ0v) is 19.6. The first-order valence-corrected chi connectivity index (χ1v) is 12.0. The Morgan fingerprint density at radius 3 is 2.47 bits per heavy atom. The number of Topliss-reactive ketones (excluding diaryl/α,β-unsaturated/α-hetero) is 1. The molecule has 2 unspecified atom stereocenters. The largest absolute Gasteiger partial charge is 0.373 e. The number of carbonyl (C=O) groups is 3. The minimum absolute atomic E-state index is 0.0235. The highest BCUT2D eigenvalue weighted by molar-refractivity contribution is 5.99. The van der Waals surface area contributed by atoms with Crippen molar-refractivity contribution in [2.75, 3.05) is 31.2 Å². The molecule has 32 heavy (non-hydrogen) atoms. The summed E-state index contributed by atoms with van der Waals surface area (Å²) in [4.78, 5) is 40.7. The highest BCUT2D eigenvalue weighted by Gasteiger charge is 2.35. The van der Waals surface area contributed by atoms with Gasteiger partial charge in [-0.3, -0.25) is 14.4 Å². The summed E-state index contributed by atoms with van der Waals surface area (Å²) in [5.41, 5.74) is 1.65. The topological polar surface area (TPSA) is 87.7 Å². The molecule has 0 saturated carbocycles. The van der Waals surface area contributed by atoms with Crippen LogP contribution in [-0.2, 0) is 14.3 Å². The van der Waals surface area contributed by atoms with E-state index in [2.05, 4.69) is 22.5 Å². The first-order chi connectivity index (χ1) is 15.4. The van der Waals surface area contributed by atoms with Gasteiger partial charge in [-0.1, -0.05) is 27.2 Å². The molecule has 2 heterocycles. The molecule has 2 amide bonds. The molecule has 7 heteroatoms. The van der Waals surface area contributed by atoms with E-state index in [4.69, 9.17) is 4.74 Å². The monoisotopic (exact) mass is 443 g/mol. The van der Waals surface area contributed by atoms with Crippen LogP contribution in [-0.4, -0.2) is 56.0 Å². The van der Waals surface area contributed by atoms with Crippen molar-refractivity contribution in [1.29, 1.82) is 0 Å². The van der Waals surface area contributed by atoms with E-state index in [1.54, 1.807) is 0 Å². The van der Waals surface area contributed by atoms with Crippen molar-refractivity contribution in [3.05, 3.63) is 29.8 Å². The van der Waals surface area contributed by atoms with Gasteiger partial charge in [0.25, 0.3) is 5.91 Å². The lowest BCUT2D eigenvalue weighted by molar-refractivity contribution is -0.138. The molecule has 0 bridgehead atoms. The quantitative estimate of drug-likeness (QED) is 0.613. The van der Waals surface area contributed by atoms with Crippen LogP contribution in [0.3, 0.4) is 0 Å². The van der Waals surface area contributed by atoms with Gasteiger partial charge in [0.15, 0.2) is 5.78 Å². The summed E-state index contributed by atoms with van der Waals surface area (Å²) in [5, 5.41) is 5.82. The normalized spacial score (nSPS) is 22.1. The summed E-state index contributed by atoms with van der Waals surface area (Å²) in [5.74, 6) is -0.501. The van der Waals surface area contributed by atoms with Crippen LogP contribution in [0.2, 0.25) is 0 Å². The van der Waals surface area contributed by atoms with Gasteiger partial charge in [-0.15, -0.1) is 0 Å². The third kappa shape index (κ3) is 6.31. The number of rotatable bonds is 9. The lowest BCUT2D eigenvalue weighted by atomic mass is 9.90. The van der Waals surface area contributed by atoms with Crippen molar-refractivity contribution in [2.45, 2.75) is 65.0 Å². The molecule has 3 atom stereocenters. The zero-order chi connectivity index (χ0) is 23.1. The molecule has 1 aromatic carbocycles. The van der Waals surface area contributed by atoms with Gasteiger partial charge in [-0.05, 0) is 55.9 Å². The molecule has 2 aliphatic heterocycles. The summed E-state index contributed by atoms with van der Waals surface area (Å²) in [7, 11) is 0. The van der Waals surface area contributed by atoms with E-state index >= 15 is 0 Å². The van der Waals surface area contributed by atoms with Crippen molar-refractivity contribution >= 4 is 23.3 Å². The molecule has 2 fully saturated rings. The average Bonchev–Trinajstić information content (AvgIpc) is 3.30. The number of nitrogens with zero attached hydrogens (tertiary/aromatic N) is 1. The first-order valence-electron chi connectivity index (χ1n) is 12.0. The third-order valence-corrected chi connectivity index (χ3v) is 6.28. The Kier molecular flexibility index (Phi) is 8.67. The van der Waals surface area contributed by atoms with Gasteiger partial charge in [0.1, 0.15) is 12.6 Å². The molecule has 1 aromatic rings. The number of anilines is 1. The molecule has 3 rings (SSSR count). The fraction of sp³-hybridized carbons (Fsp3) is 0.640. The second-order valence-corrected chi connectivity index (χ2v) is 9.41. The van der Waals surface area contributed by atoms with Crippen LogP contribution in [0, 0.1) is 11.8 Å². The maximum atomic E-state index is 13.1. The minimum atomic E-state index is -0.696. The second-order valence-electron chi connectivity index (χ2n) is 9.41. The van der Waals surface area contributed by atoms with E-state index in [1.807, 2.05) is 38.1 Å². The SMILES string of the molecule is CCCC1COCC(=O)[C@H]1NC(=O)C(CC(C)C)NC(=O)c1ccc(N2CCCC2)cc1. The van der Waals surface area contributed by atoms with Crippen molar-refractivity contribution in [2.24, 2.45) is 11.8 Å². The molecule has 176 valence electrons. The van der Waals surface area contributed by atoms with Crippen LogP contribution in [0.25, 0.3) is 0 Å². The van der Waals surface area contributed by atoms with E-state index in [1.165, 1.54) is 12.8 Å². The molecule has 2 aliphatic rings. The van der Waals surface area contributed by atoms with Crippen LogP contribution >= 0.6 is 0 Å². The molecular weight excluding hydrogens is 406 g/mol. The van der Waals surface area contributed by atoms with Gasteiger partial charge >= 0.3 is 0 Å². The number of ketones is 1. The van der Waals surface area contributed by atoms with E-state index in [0.29, 0.717) is 18.6 Å². The number of hydrogen-bond donors (Lipinski definition) is 2. The molecule has 0 aromatic heterocycles. The Morgan fingerprint density at radius 2 is 1.84 bits per heavy atom. The van der Waals surface area contributed by atoms with Crippen molar-refractivity contribution < 1.29 is 19.1 Å². The van der Waals surface area contributed by atoms with E-state index < -0.39 is 12.1 Å². The number of ether oxygens (including phenoxy) is 1. The van der Waals surface area contributed by atoms with Crippen LogP contribution in [0.15, 0.2) is 24.3 Å². The van der Waals surface area contributed by atoms with E-state index in [9.17, 15) is 14.4 Å². The van der Waals surface area contributed by atoms with Gasteiger partial charge in [0, 0.05) is 30.3 Å². The first kappa shape index (κ1) is 24.2. The average molecular weight is 444 g/mol. The van der Waals surface area contributed by atoms with Gasteiger partial charge in [-0.2, -0.15) is 0 Å². The Balaban J connectivity index is 1.66. The molecule has 0 aliphatic carbocycles. The van der Waals surface area contributed by atoms with Crippen LogP contribution in [0.5, 0.6) is 0 Å². The standard InChI is InChI=1S/C25H37N3O4/c1-4-7-19-15-32-16-22(29)23(19)27-25(31)21(14-17(2)3)26-24(30)18-8-10-20(11-9-18)28-12-5-6-13-28/h8-11,17,19,21,23H,4-7,12-16H2,1-3H3,(H,26,30)(H,27,31)/t19?,21?,23-/m0/s1. The fourth-order valence-corrected chi connectivity index (χ4v) is 4.58. The van der Waals surface area contributed by atoms with Gasteiger partial charge in [0.2, 0.25) is 5.91 Å². The summed E-state index contributed by atoms with van der Waals surface area (Å²) < 4.78 is 5.38. The maximum absolute atomic E-state index is 13.1. The van der Waals surface area contributed by atoms with Gasteiger partial charge < -0.3 is 20.3 Å². The number of nitrogens with one attached hydrogen (secondary N) is 2. The predicted molar refractivity (Wildman–Crippen MR) is 125 cm³/mol. The van der Waals surface area contributed by atoms with Crippen molar-refractivity contribution in [1.82, 2.24) is 10.6 Å². The van der Waals surface area contributed by atoms with Crippen LogP contribution in [0.4, 0.5) is 5.69 Å². The Labute approximate surface area is 191 Å². The number of carbonyl (C=O) groups excluding carboxylic acids is 3. The van der Waals surface area contributed by atoms with E-state index in [-0.39, 0.29) is 36.0 Å². The summed E-state index contributed by atoms with van der Waals surface area (Å²) >= 11 is 0. The predicted octanol–water partition coefficient (Wildman–Crippen LogP) is 2.93. The van der Waals surface area contributed by atoms with E-state index in [0.717, 1.165) is 31.6 Å².